The number of ether oxygens (including phenoxy) is 5. The van der Waals surface area contributed by atoms with Gasteiger partial charge in [0.1, 0.15) is 24.2 Å². The summed E-state index contributed by atoms with van der Waals surface area (Å²) in [5, 5.41) is 63.9. The normalized spacial score (nSPS) is 47.2. The fraction of sp³-hybridized carbons (Fsp3) is 0.636. The Hall–Kier alpha value is -2.76. The average Bonchev–Trinajstić information content (AvgIpc) is 3.72. The van der Waals surface area contributed by atoms with Crippen LogP contribution in [-0.4, -0.2) is 122 Å². The zero-order valence-corrected chi connectivity index (χ0v) is 26.4. The van der Waals surface area contributed by atoms with Gasteiger partial charge in [0.2, 0.25) is 0 Å². The lowest BCUT2D eigenvalue weighted by Crippen LogP contribution is -2.61. The number of aliphatic hydroxyl groups excluding tert-OH is 4. The number of esters is 1. The van der Waals surface area contributed by atoms with Gasteiger partial charge in [0.15, 0.2) is 12.1 Å². The average molecular weight is 666 g/mol. The van der Waals surface area contributed by atoms with Gasteiger partial charge in [-0.3, -0.25) is 4.79 Å². The van der Waals surface area contributed by atoms with Gasteiger partial charge in [0, 0.05) is 38.2 Å². The molecule has 2 bridgehead atoms. The number of carbonyl (C=O) groups is 2. The summed E-state index contributed by atoms with van der Waals surface area (Å²) < 4.78 is 28.5. The summed E-state index contributed by atoms with van der Waals surface area (Å²) in [6.45, 7) is 3.34. The van der Waals surface area contributed by atoms with Crippen molar-refractivity contribution < 1.29 is 63.9 Å². The van der Waals surface area contributed by atoms with Crippen molar-refractivity contribution in [2.75, 3.05) is 0 Å². The van der Waals surface area contributed by atoms with Crippen molar-refractivity contribution in [3.05, 3.63) is 60.8 Å². The molecule has 14 heteroatoms. The highest BCUT2D eigenvalue weighted by atomic mass is 16.7. The van der Waals surface area contributed by atoms with E-state index in [9.17, 15) is 40.2 Å². The van der Waals surface area contributed by atoms with Gasteiger partial charge in [0.25, 0.3) is 0 Å². The molecule has 4 aliphatic rings. The smallest absolute Gasteiger partial charge is 0.330 e. The first kappa shape index (κ1) is 37.1. The maximum Gasteiger partial charge on any atom is 0.330 e. The fourth-order valence-electron chi connectivity index (χ4n) is 6.00. The predicted octanol–water partition coefficient (Wildman–Crippen LogP) is 0.120. The molecule has 0 saturated carbocycles. The minimum atomic E-state index is -2.10. The van der Waals surface area contributed by atoms with Crippen LogP contribution in [-0.2, 0) is 33.3 Å². The van der Waals surface area contributed by atoms with E-state index in [1.807, 2.05) is 6.08 Å². The second-order valence-corrected chi connectivity index (χ2v) is 12.6. The lowest BCUT2D eigenvalue weighted by atomic mass is 9.83. The van der Waals surface area contributed by atoms with Crippen LogP contribution < -0.4 is 5.73 Å². The molecule has 14 atom stereocenters. The molecule has 47 heavy (non-hydrogen) atoms. The van der Waals surface area contributed by atoms with E-state index < -0.39 is 97.3 Å². The van der Waals surface area contributed by atoms with Crippen LogP contribution in [0.15, 0.2) is 60.8 Å². The summed E-state index contributed by atoms with van der Waals surface area (Å²) in [4.78, 5) is 24.4. The number of aliphatic hydroxyl groups is 5. The third kappa shape index (κ3) is 10.6. The van der Waals surface area contributed by atoms with Crippen LogP contribution in [0.5, 0.6) is 0 Å². The summed E-state index contributed by atoms with van der Waals surface area (Å²) in [5.41, 5.74) is 5.98. The number of nitrogens with two attached hydrogens (primary N) is 1. The molecular formula is C33H47NO13. The Morgan fingerprint density at radius 3 is 2.36 bits per heavy atom. The maximum absolute atomic E-state index is 12.3. The Balaban J connectivity index is 1.58. The molecule has 0 aromatic carbocycles. The largest absolute Gasteiger partial charge is 0.481 e. The van der Waals surface area contributed by atoms with E-state index in [-0.39, 0.29) is 25.4 Å². The van der Waals surface area contributed by atoms with Crippen LogP contribution in [0, 0.1) is 5.92 Å². The summed E-state index contributed by atoms with van der Waals surface area (Å²) in [5.74, 6) is -5.45. The van der Waals surface area contributed by atoms with Crippen molar-refractivity contribution >= 4 is 11.9 Å². The Bertz CT molecular complexity index is 1220. The number of carbonyl (C=O) groups excluding carboxylic acids is 1. The Morgan fingerprint density at radius 1 is 0.936 bits per heavy atom. The molecule has 0 amide bonds. The zero-order valence-electron chi connectivity index (χ0n) is 26.4. The van der Waals surface area contributed by atoms with E-state index in [0.29, 0.717) is 6.42 Å². The number of hydrogen-bond acceptors (Lipinski definition) is 13. The highest BCUT2D eigenvalue weighted by Crippen LogP contribution is 2.39. The number of cyclic esters (lactones) is 1. The summed E-state index contributed by atoms with van der Waals surface area (Å²) >= 11 is 0. The molecule has 3 saturated heterocycles. The molecule has 0 spiro atoms. The van der Waals surface area contributed by atoms with Gasteiger partial charge < -0.3 is 60.1 Å². The Kier molecular flexibility index (Phi) is 13.1. The van der Waals surface area contributed by atoms with Crippen molar-refractivity contribution in [1.29, 1.82) is 0 Å². The molecular weight excluding hydrogens is 618 g/mol. The fourth-order valence-corrected chi connectivity index (χ4v) is 6.00. The molecule has 262 valence electrons. The van der Waals surface area contributed by atoms with E-state index in [4.69, 9.17) is 29.4 Å². The van der Waals surface area contributed by atoms with E-state index in [2.05, 4.69) is 0 Å². The quantitative estimate of drug-likeness (QED) is 0.157. The van der Waals surface area contributed by atoms with Crippen molar-refractivity contribution in [1.82, 2.24) is 0 Å². The number of epoxide rings is 1. The van der Waals surface area contributed by atoms with Gasteiger partial charge in [-0.2, -0.15) is 0 Å². The van der Waals surface area contributed by atoms with Crippen LogP contribution >= 0.6 is 0 Å². The molecule has 8 N–H and O–H groups in total. The summed E-state index contributed by atoms with van der Waals surface area (Å²) in [6.07, 6.45) is 5.25. The first-order chi connectivity index (χ1) is 22.3. The Morgan fingerprint density at radius 2 is 1.64 bits per heavy atom. The summed E-state index contributed by atoms with van der Waals surface area (Å²) in [7, 11) is 0. The van der Waals surface area contributed by atoms with Crippen LogP contribution in [0.1, 0.15) is 46.0 Å². The van der Waals surface area contributed by atoms with E-state index in [0.717, 1.165) is 0 Å². The van der Waals surface area contributed by atoms with Gasteiger partial charge in [-0.1, -0.05) is 48.6 Å². The van der Waals surface area contributed by atoms with Crippen molar-refractivity contribution in [2.24, 2.45) is 11.7 Å². The number of rotatable bonds is 3. The highest BCUT2D eigenvalue weighted by molar-refractivity contribution is 5.82. The van der Waals surface area contributed by atoms with Gasteiger partial charge in [-0.25, -0.2) is 4.79 Å². The molecule has 0 aromatic rings. The van der Waals surface area contributed by atoms with Gasteiger partial charge >= 0.3 is 11.9 Å². The first-order valence-electron chi connectivity index (χ1n) is 15.9. The predicted molar refractivity (Wildman–Crippen MR) is 165 cm³/mol. The van der Waals surface area contributed by atoms with Crippen LogP contribution in [0.3, 0.4) is 0 Å². The highest BCUT2D eigenvalue weighted by Gasteiger charge is 2.51. The number of fused-ring (bicyclic) bond motifs is 3. The van der Waals surface area contributed by atoms with Crippen molar-refractivity contribution in [2.45, 2.75) is 125 Å². The minimum Gasteiger partial charge on any atom is -0.481 e. The summed E-state index contributed by atoms with van der Waals surface area (Å²) in [6, 6.07) is -1.08. The van der Waals surface area contributed by atoms with E-state index in [1.54, 1.807) is 56.4 Å². The number of hydrogen-bond donors (Lipinski definition) is 7. The molecule has 0 radical (unpaired) electrons. The van der Waals surface area contributed by atoms with E-state index in [1.165, 1.54) is 12.2 Å². The lowest BCUT2D eigenvalue weighted by Gasteiger charge is -2.45. The molecule has 0 aromatic heterocycles. The standard InChI is InChI=1S/C33H47NO13/c1-18-10-8-6-4-3-5-7-9-11-21(45-32-30(39)28(34)29(38)19(2)44-32)15-25-27(31(40)41)22(36)17-33(42,47-25)16-20(35)14-24-23(46-24)12-13-26(37)43-18/h3-9,11-13,18-25,27-30,32,35-36,38-39,42H,10,14-17,34H2,1-2H3,(H,40,41)/b4-3+,7-5+,8-6+,11-9+,13-12-/t18-,19+,20-,21-,22-,23+,24-,25?,27+,28-,29+,30-,32?,33-/m0/s1. The maximum atomic E-state index is 12.3. The number of aliphatic carboxylic acids is 1. The van der Waals surface area contributed by atoms with Crippen LogP contribution in [0.4, 0.5) is 0 Å². The topological polar surface area (TPSA) is 231 Å². The lowest BCUT2D eigenvalue weighted by molar-refractivity contribution is -0.308. The molecule has 2 unspecified atom stereocenters. The van der Waals surface area contributed by atoms with Crippen molar-refractivity contribution in [3.8, 4) is 0 Å². The second-order valence-electron chi connectivity index (χ2n) is 12.6. The minimum absolute atomic E-state index is 0.0789. The number of allylic oxidation sites excluding steroid dienone is 6. The van der Waals surface area contributed by atoms with Crippen molar-refractivity contribution in [3.63, 3.8) is 0 Å². The van der Waals surface area contributed by atoms with Crippen LogP contribution in [0.25, 0.3) is 0 Å². The number of carboxylic acids is 1. The van der Waals surface area contributed by atoms with Crippen LogP contribution in [0.2, 0.25) is 0 Å². The molecule has 4 rings (SSSR count). The van der Waals surface area contributed by atoms with E-state index >= 15 is 0 Å². The zero-order chi connectivity index (χ0) is 34.3. The third-order valence-electron chi connectivity index (χ3n) is 8.58. The molecule has 3 fully saturated rings. The number of carboxylic acid groups (broad SMARTS) is 1. The second kappa shape index (κ2) is 16.6. The first-order valence-corrected chi connectivity index (χ1v) is 15.9. The van der Waals surface area contributed by atoms with Gasteiger partial charge in [-0.05, 0) is 19.9 Å². The van der Waals surface area contributed by atoms with Gasteiger partial charge in [0.05, 0.1) is 48.8 Å². The molecule has 14 nitrogen and oxygen atoms in total. The molecule has 4 aliphatic heterocycles. The Labute approximate surface area is 273 Å². The van der Waals surface area contributed by atoms with Gasteiger partial charge in [-0.15, -0.1) is 0 Å². The molecule has 4 heterocycles. The third-order valence-corrected chi connectivity index (χ3v) is 8.58. The molecule has 0 aliphatic carbocycles. The monoisotopic (exact) mass is 665 g/mol. The SMILES string of the molecule is C[C@H]1C/C=C/C=C/C=C/C=C/[C@H](OC2O[C@H](C)[C@@H](O)[C@H](N)[C@@H]2O)CC2O[C@@](O)(C[C@@H](O)C[C@@H]3O[C@@H]3/C=C\C(=O)O1)C[C@H](O)[C@H]2C(=O)O.